The van der Waals surface area contributed by atoms with Crippen LogP contribution in [0.1, 0.15) is 16.7 Å². The Labute approximate surface area is 103 Å². The predicted octanol–water partition coefficient (Wildman–Crippen LogP) is 1.54. The number of rotatable bonds is 1. The average Bonchev–Trinajstić information content (AvgIpc) is 1.82. The van der Waals surface area contributed by atoms with Gasteiger partial charge in [-0.1, -0.05) is 17.7 Å². The zero-order valence-electron chi connectivity index (χ0n) is 7.42. The SMILES string of the molecule is Cc1cc(C)c(S(=O)O)c(C)c1.[NaH]. The van der Waals surface area contributed by atoms with Crippen molar-refractivity contribution in [1.29, 1.82) is 0 Å². The molecule has 0 aliphatic heterocycles. The van der Waals surface area contributed by atoms with E-state index in [2.05, 4.69) is 0 Å². The molecular formula is C9H13NaO2S. The summed E-state index contributed by atoms with van der Waals surface area (Å²) >= 11 is -1.86. The van der Waals surface area contributed by atoms with Crippen molar-refractivity contribution in [2.75, 3.05) is 0 Å². The molecule has 0 fully saturated rings. The first-order valence-electron chi connectivity index (χ1n) is 3.71. The molecule has 4 heteroatoms. The van der Waals surface area contributed by atoms with E-state index >= 15 is 0 Å². The first-order chi connectivity index (χ1) is 5.52. The molecule has 2 nitrogen and oxygen atoms in total. The van der Waals surface area contributed by atoms with E-state index in [4.69, 9.17) is 4.55 Å². The summed E-state index contributed by atoms with van der Waals surface area (Å²) in [6.07, 6.45) is 0. The van der Waals surface area contributed by atoms with Crippen molar-refractivity contribution in [3.05, 3.63) is 28.8 Å². The summed E-state index contributed by atoms with van der Waals surface area (Å²) in [5.74, 6) is 0. The van der Waals surface area contributed by atoms with Gasteiger partial charge in [0, 0.05) is 0 Å². The van der Waals surface area contributed by atoms with Crippen LogP contribution in [0.2, 0.25) is 0 Å². The van der Waals surface area contributed by atoms with Gasteiger partial charge in [-0.2, -0.15) is 0 Å². The van der Waals surface area contributed by atoms with Crippen molar-refractivity contribution in [3.8, 4) is 0 Å². The minimum atomic E-state index is -1.86. The second-order valence-corrected chi connectivity index (χ2v) is 3.88. The van der Waals surface area contributed by atoms with Gasteiger partial charge in [-0.05, 0) is 31.9 Å². The maximum atomic E-state index is 10.9. The van der Waals surface area contributed by atoms with E-state index in [1.165, 1.54) is 0 Å². The van der Waals surface area contributed by atoms with E-state index in [-0.39, 0.29) is 29.6 Å². The van der Waals surface area contributed by atoms with Crippen LogP contribution in [0.4, 0.5) is 0 Å². The molecule has 1 aromatic rings. The molecule has 0 bridgehead atoms. The van der Waals surface area contributed by atoms with E-state index in [1.54, 1.807) is 0 Å². The van der Waals surface area contributed by atoms with Crippen LogP contribution in [0.25, 0.3) is 0 Å². The van der Waals surface area contributed by atoms with Crippen LogP contribution >= 0.6 is 0 Å². The molecule has 0 saturated heterocycles. The van der Waals surface area contributed by atoms with E-state index in [1.807, 2.05) is 32.9 Å². The molecule has 1 aromatic carbocycles. The van der Waals surface area contributed by atoms with Crippen molar-refractivity contribution in [2.24, 2.45) is 0 Å². The second kappa shape index (κ2) is 5.27. The van der Waals surface area contributed by atoms with Crippen LogP contribution in [-0.2, 0) is 11.1 Å². The summed E-state index contributed by atoms with van der Waals surface area (Å²) in [5.41, 5.74) is 2.89. The number of aryl methyl sites for hydroxylation is 3. The molecule has 1 atom stereocenters. The molecule has 0 saturated carbocycles. The normalized spacial score (nSPS) is 12.0. The van der Waals surface area contributed by atoms with Crippen molar-refractivity contribution >= 4 is 40.6 Å². The third-order valence-corrected chi connectivity index (χ3v) is 2.77. The van der Waals surface area contributed by atoms with Gasteiger partial charge in [-0.3, -0.25) is 0 Å². The van der Waals surface area contributed by atoms with Crippen molar-refractivity contribution < 1.29 is 8.76 Å². The van der Waals surface area contributed by atoms with Crippen LogP contribution in [0.15, 0.2) is 17.0 Å². The molecule has 0 aromatic heterocycles. The van der Waals surface area contributed by atoms with Gasteiger partial charge in [0.25, 0.3) is 0 Å². The third kappa shape index (κ3) is 3.18. The first kappa shape index (κ1) is 13.3. The summed E-state index contributed by atoms with van der Waals surface area (Å²) in [4.78, 5) is 0.542. The fourth-order valence-electron chi connectivity index (χ4n) is 1.44. The van der Waals surface area contributed by atoms with Crippen LogP contribution in [0.3, 0.4) is 0 Å². The fourth-order valence-corrected chi connectivity index (χ4v) is 2.11. The van der Waals surface area contributed by atoms with E-state index in [0.29, 0.717) is 4.90 Å². The third-order valence-electron chi connectivity index (χ3n) is 1.78. The van der Waals surface area contributed by atoms with Crippen molar-refractivity contribution in [2.45, 2.75) is 25.7 Å². The van der Waals surface area contributed by atoms with Gasteiger partial charge >= 0.3 is 29.6 Å². The van der Waals surface area contributed by atoms with Gasteiger partial charge < -0.3 is 4.55 Å². The van der Waals surface area contributed by atoms with Gasteiger partial charge in [0.15, 0.2) is 11.1 Å². The summed E-state index contributed by atoms with van der Waals surface area (Å²) in [6, 6.07) is 3.83. The summed E-state index contributed by atoms with van der Waals surface area (Å²) in [7, 11) is 0. The van der Waals surface area contributed by atoms with Gasteiger partial charge in [0.1, 0.15) is 0 Å². The molecule has 0 amide bonds. The Morgan fingerprint density at radius 3 is 1.85 bits per heavy atom. The summed E-state index contributed by atoms with van der Waals surface area (Å²) < 4.78 is 19.8. The molecular weight excluding hydrogens is 195 g/mol. The van der Waals surface area contributed by atoms with Gasteiger partial charge in [-0.15, -0.1) is 0 Å². The Balaban J connectivity index is 0.00000144. The van der Waals surface area contributed by atoms with Crippen molar-refractivity contribution in [1.82, 2.24) is 0 Å². The van der Waals surface area contributed by atoms with E-state index in [9.17, 15) is 4.21 Å². The molecule has 1 N–H and O–H groups in total. The van der Waals surface area contributed by atoms with Crippen molar-refractivity contribution in [3.63, 3.8) is 0 Å². The van der Waals surface area contributed by atoms with Gasteiger partial charge in [-0.25, -0.2) is 4.21 Å². The molecule has 0 aliphatic rings. The van der Waals surface area contributed by atoms with Crippen LogP contribution in [-0.4, -0.2) is 38.3 Å². The summed E-state index contributed by atoms with van der Waals surface area (Å²) in [5, 5.41) is 0. The Kier molecular flexibility index (Phi) is 5.40. The van der Waals surface area contributed by atoms with Crippen LogP contribution in [0, 0.1) is 20.8 Å². The standard InChI is InChI=1S/C9H12O2S.Na.H/c1-6-4-7(2)9(12(10)11)8(3)5-6;;/h4-5H,1-3H3,(H,10,11);;. The Morgan fingerprint density at radius 2 is 1.54 bits per heavy atom. The topological polar surface area (TPSA) is 37.3 Å². The minimum absolute atomic E-state index is 0. The van der Waals surface area contributed by atoms with Crippen LogP contribution in [0.5, 0.6) is 0 Å². The quantitative estimate of drug-likeness (QED) is 0.561. The zero-order valence-corrected chi connectivity index (χ0v) is 8.23. The molecule has 1 unspecified atom stereocenters. The molecule has 13 heavy (non-hydrogen) atoms. The molecule has 0 spiro atoms. The molecule has 68 valence electrons. The number of hydrogen-bond acceptors (Lipinski definition) is 1. The average molecular weight is 208 g/mol. The number of benzene rings is 1. The van der Waals surface area contributed by atoms with Gasteiger partial charge in [0.2, 0.25) is 0 Å². The summed E-state index contributed by atoms with van der Waals surface area (Å²) in [6.45, 7) is 5.68. The molecule has 1 rings (SSSR count). The first-order valence-corrected chi connectivity index (χ1v) is 4.81. The zero-order chi connectivity index (χ0) is 9.30. The predicted molar refractivity (Wildman–Crippen MR) is 56.8 cm³/mol. The number of hydrogen-bond donors (Lipinski definition) is 1. The molecule has 0 heterocycles. The Hall–Kier alpha value is 0.330. The molecule has 0 radical (unpaired) electrons. The van der Waals surface area contributed by atoms with E-state index < -0.39 is 11.1 Å². The van der Waals surface area contributed by atoms with E-state index in [0.717, 1.165) is 16.7 Å². The fraction of sp³-hybridized carbons (Fsp3) is 0.333. The van der Waals surface area contributed by atoms with Crippen LogP contribution < -0.4 is 0 Å². The second-order valence-electron chi connectivity index (χ2n) is 2.98. The maximum absolute atomic E-state index is 10.9. The van der Waals surface area contributed by atoms with Gasteiger partial charge in [0.05, 0.1) is 4.90 Å². The molecule has 0 aliphatic carbocycles. The Bertz CT molecular complexity index is 313. The monoisotopic (exact) mass is 208 g/mol. The Morgan fingerprint density at radius 1 is 1.15 bits per heavy atom.